The summed E-state index contributed by atoms with van der Waals surface area (Å²) in [5.41, 5.74) is 0.243. The van der Waals surface area contributed by atoms with Crippen LogP contribution in [0.5, 0.6) is 0 Å². The van der Waals surface area contributed by atoms with E-state index in [-0.39, 0.29) is 36.8 Å². The number of ether oxygens (including phenoxy) is 2. The van der Waals surface area contributed by atoms with Crippen LogP contribution in [0.15, 0.2) is 10.6 Å². The molecule has 138 valence electrons. The largest absolute Gasteiger partial charge is 0.376 e. The van der Waals surface area contributed by atoms with Gasteiger partial charge in [0, 0.05) is 32.9 Å². The number of amides is 2. The molecule has 2 fully saturated rings. The minimum atomic E-state index is -0.240. The first-order valence-electron chi connectivity index (χ1n) is 8.78. The van der Waals surface area contributed by atoms with Gasteiger partial charge in [0.25, 0.3) is 5.91 Å². The van der Waals surface area contributed by atoms with Gasteiger partial charge in [-0.25, -0.2) is 0 Å². The maximum Gasteiger partial charge on any atom is 0.273 e. The fourth-order valence-electron chi connectivity index (χ4n) is 2.84. The number of rotatable bonds is 9. The minimum Gasteiger partial charge on any atom is -0.376 e. The van der Waals surface area contributed by atoms with Crippen LogP contribution in [0, 0.1) is 5.92 Å². The van der Waals surface area contributed by atoms with Gasteiger partial charge in [-0.1, -0.05) is 5.16 Å². The third-order valence-corrected chi connectivity index (χ3v) is 4.46. The Bertz CT molecular complexity index is 593. The van der Waals surface area contributed by atoms with Crippen LogP contribution in [0.2, 0.25) is 0 Å². The minimum absolute atomic E-state index is 0.00438. The lowest BCUT2D eigenvalue weighted by Gasteiger charge is -2.24. The number of nitrogens with one attached hydrogen (secondary N) is 1. The molecule has 0 spiro atoms. The highest BCUT2D eigenvalue weighted by molar-refractivity contribution is 5.92. The van der Waals surface area contributed by atoms with Crippen molar-refractivity contribution >= 4 is 11.8 Å². The van der Waals surface area contributed by atoms with Crippen molar-refractivity contribution in [2.75, 3.05) is 33.4 Å². The Morgan fingerprint density at radius 2 is 2.24 bits per heavy atom. The van der Waals surface area contributed by atoms with Gasteiger partial charge >= 0.3 is 0 Å². The van der Waals surface area contributed by atoms with Crippen LogP contribution >= 0.6 is 0 Å². The van der Waals surface area contributed by atoms with Gasteiger partial charge in [0.05, 0.1) is 12.6 Å². The molecular formula is C17H25N3O5. The van der Waals surface area contributed by atoms with E-state index in [2.05, 4.69) is 10.5 Å². The van der Waals surface area contributed by atoms with Gasteiger partial charge in [0.2, 0.25) is 5.91 Å². The molecule has 1 N–H and O–H groups in total. The van der Waals surface area contributed by atoms with Crippen LogP contribution in [-0.4, -0.2) is 61.4 Å². The van der Waals surface area contributed by atoms with Crippen molar-refractivity contribution in [2.24, 2.45) is 5.92 Å². The van der Waals surface area contributed by atoms with E-state index < -0.39 is 0 Å². The summed E-state index contributed by atoms with van der Waals surface area (Å²) in [6, 6.07) is 1.59. The second kappa shape index (κ2) is 8.44. The van der Waals surface area contributed by atoms with Crippen LogP contribution in [-0.2, 0) is 20.8 Å². The van der Waals surface area contributed by atoms with E-state index in [0.717, 1.165) is 19.4 Å². The molecule has 2 amide bonds. The second-order valence-corrected chi connectivity index (χ2v) is 6.67. The highest BCUT2D eigenvalue weighted by atomic mass is 16.5. The molecule has 8 heteroatoms. The SMILES string of the molecule is COCC(=O)N(Cc1cc(C(=O)NCC2CC2)no1)CC1CCCO1. The standard InChI is InChI=1S/C17H25N3O5/c1-23-11-16(21)20(9-13-3-2-6-24-13)10-14-7-15(19-25-14)17(22)18-8-12-4-5-12/h7,12-13H,2-6,8-11H2,1H3,(H,18,22). The summed E-state index contributed by atoms with van der Waals surface area (Å²) in [6.45, 7) is 2.12. The normalized spacial score (nSPS) is 19.8. The summed E-state index contributed by atoms with van der Waals surface area (Å²) >= 11 is 0. The van der Waals surface area contributed by atoms with Gasteiger partial charge in [-0.3, -0.25) is 9.59 Å². The van der Waals surface area contributed by atoms with Crippen LogP contribution in [0.3, 0.4) is 0 Å². The van der Waals surface area contributed by atoms with E-state index in [1.54, 1.807) is 11.0 Å². The Hall–Kier alpha value is -1.93. The zero-order chi connectivity index (χ0) is 17.6. The zero-order valence-corrected chi connectivity index (χ0v) is 14.5. The number of carbonyl (C=O) groups is 2. The molecular weight excluding hydrogens is 326 g/mol. The van der Waals surface area contributed by atoms with Crippen LogP contribution in [0.4, 0.5) is 0 Å². The average Bonchev–Trinajstić information content (AvgIpc) is 3.07. The lowest BCUT2D eigenvalue weighted by Crippen LogP contribution is -2.38. The van der Waals surface area contributed by atoms with E-state index in [4.69, 9.17) is 14.0 Å². The smallest absolute Gasteiger partial charge is 0.273 e. The van der Waals surface area contributed by atoms with Crippen molar-refractivity contribution in [1.29, 1.82) is 0 Å². The topological polar surface area (TPSA) is 93.9 Å². The monoisotopic (exact) mass is 351 g/mol. The summed E-state index contributed by atoms with van der Waals surface area (Å²) in [5.74, 6) is 0.688. The third kappa shape index (κ3) is 5.27. The highest BCUT2D eigenvalue weighted by Gasteiger charge is 2.25. The van der Waals surface area contributed by atoms with Gasteiger partial charge in [-0.2, -0.15) is 0 Å². The van der Waals surface area contributed by atoms with Crippen LogP contribution in [0.1, 0.15) is 41.9 Å². The van der Waals surface area contributed by atoms with Crippen LogP contribution < -0.4 is 5.32 Å². The molecule has 0 radical (unpaired) electrons. The molecule has 2 aliphatic rings. The maximum absolute atomic E-state index is 12.3. The Kier molecular flexibility index (Phi) is 6.04. The number of nitrogens with zero attached hydrogens (tertiary/aromatic N) is 2. The molecule has 1 saturated carbocycles. The van der Waals surface area contributed by atoms with Crippen LogP contribution in [0.25, 0.3) is 0 Å². The number of methoxy groups -OCH3 is 1. The molecule has 25 heavy (non-hydrogen) atoms. The van der Waals surface area contributed by atoms with E-state index in [9.17, 15) is 9.59 Å². The van der Waals surface area contributed by atoms with Crippen molar-refractivity contribution < 1.29 is 23.6 Å². The van der Waals surface area contributed by atoms with Crippen molar-refractivity contribution in [1.82, 2.24) is 15.4 Å². The van der Waals surface area contributed by atoms with E-state index in [0.29, 0.717) is 24.8 Å². The predicted octanol–water partition coefficient (Wildman–Crippen LogP) is 0.968. The number of hydrogen-bond acceptors (Lipinski definition) is 6. The quantitative estimate of drug-likeness (QED) is 0.712. The van der Waals surface area contributed by atoms with Crippen molar-refractivity contribution in [2.45, 2.75) is 38.3 Å². The molecule has 1 aliphatic carbocycles. The number of carbonyl (C=O) groups excluding carboxylic acids is 2. The fraction of sp³-hybridized carbons (Fsp3) is 0.706. The van der Waals surface area contributed by atoms with Crippen molar-refractivity contribution in [3.8, 4) is 0 Å². The second-order valence-electron chi connectivity index (χ2n) is 6.67. The summed E-state index contributed by atoms with van der Waals surface area (Å²) in [7, 11) is 1.49. The summed E-state index contributed by atoms with van der Waals surface area (Å²) in [4.78, 5) is 25.9. The summed E-state index contributed by atoms with van der Waals surface area (Å²) in [6.07, 6.45) is 4.31. The maximum atomic E-state index is 12.3. The lowest BCUT2D eigenvalue weighted by molar-refractivity contribution is -0.137. The van der Waals surface area contributed by atoms with Gasteiger partial charge in [0.15, 0.2) is 11.5 Å². The molecule has 1 aromatic rings. The molecule has 0 bridgehead atoms. The van der Waals surface area contributed by atoms with Crippen molar-refractivity contribution in [3.05, 3.63) is 17.5 Å². The molecule has 8 nitrogen and oxygen atoms in total. The molecule has 1 atom stereocenters. The first kappa shape index (κ1) is 17.9. The van der Waals surface area contributed by atoms with Gasteiger partial charge < -0.3 is 24.2 Å². The predicted molar refractivity (Wildman–Crippen MR) is 87.8 cm³/mol. The molecule has 1 saturated heterocycles. The van der Waals surface area contributed by atoms with Gasteiger partial charge in [0.1, 0.15) is 6.61 Å². The number of aromatic nitrogens is 1. The Balaban J connectivity index is 1.57. The molecule has 2 heterocycles. The highest BCUT2D eigenvalue weighted by Crippen LogP contribution is 2.27. The Morgan fingerprint density at radius 3 is 2.92 bits per heavy atom. The third-order valence-electron chi connectivity index (χ3n) is 4.46. The number of hydrogen-bond donors (Lipinski definition) is 1. The van der Waals surface area contributed by atoms with Gasteiger partial charge in [-0.15, -0.1) is 0 Å². The molecule has 3 rings (SSSR count). The van der Waals surface area contributed by atoms with E-state index in [1.165, 1.54) is 20.0 Å². The summed E-state index contributed by atoms with van der Waals surface area (Å²) in [5, 5.41) is 6.66. The lowest BCUT2D eigenvalue weighted by atomic mass is 10.2. The molecule has 0 aromatic carbocycles. The average molecular weight is 351 g/mol. The van der Waals surface area contributed by atoms with Crippen molar-refractivity contribution in [3.63, 3.8) is 0 Å². The molecule has 1 aliphatic heterocycles. The van der Waals surface area contributed by atoms with Gasteiger partial charge in [-0.05, 0) is 31.6 Å². The van der Waals surface area contributed by atoms with E-state index >= 15 is 0 Å². The first-order chi connectivity index (χ1) is 12.2. The van der Waals surface area contributed by atoms with E-state index in [1.807, 2.05) is 0 Å². The zero-order valence-electron chi connectivity index (χ0n) is 14.5. The molecule has 1 unspecified atom stereocenters. The fourth-order valence-corrected chi connectivity index (χ4v) is 2.84. The molecule has 1 aromatic heterocycles. The summed E-state index contributed by atoms with van der Waals surface area (Å²) < 4.78 is 15.8. The Labute approximate surface area is 146 Å². The first-order valence-corrected chi connectivity index (χ1v) is 8.78. The Morgan fingerprint density at radius 1 is 1.40 bits per heavy atom.